The van der Waals surface area contributed by atoms with Crippen molar-refractivity contribution in [2.24, 2.45) is 46.3 Å². The lowest BCUT2D eigenvalue weighted by Gasteiger charge is -2.61. The first-order valence-corrected chi connectivity index (χ1v) is 11.5. The summed E-state index contributed by atoms with van der Waals surface area (Å²) in [4.78, 5) is 25.7. The summed E-state index contributed by atoms with van der Waals surface area (Å²) in [5.41, 5.74) is -0.188. The Bertz CT molecular complexity index is 627. The van der Waals surface area contributed by atoms with Crippen molar-refractivity contribution in [1.82, 2.24) is 0 Å². The number of rotatable bonds is 3. The molecular weight excluding hydrogens is 336 g/mol. The Morgan fingerprint density at radius 3 is 2.59 bits per heavy atom. The third-order valence-corrected chi connectivity index (χ3v) is 9.86. The van der Waals surface area contributed by atoms with Gasteiger partial charge in [0.2, 0.25) is 0 Å². The summed E-state index contributed by atoms with van der Waals surface area (Å²) in [6.07, 6.45) is 7.86. The number of carbonyl (C=O) groups is 2. The number of aliphatic hydroxyl groups excluding tert-OH is 1. The molecule has 4 aliphatic rings. The van der Waals surface area contributed by atoms with Crippen LogP contribution in [0.2, 0.25) is 0 Å². The molecule has 0 heterocycles. The molecule has 4 fully saturated rings. The predicted octanol–water partition coefficient (Wildman–Crippen LogP) is 4.80. The first kappa shape index (κ1) is 19.6. The van der Waals surface area contributed by atoms with Crippen molar-refractivity contribution in [2.75, 3.05) is 0 Å². The monoisotopic (exact) mass is 374 g/mol. The van der Waals surface area contributed by atoms with E-state index in [0.29, 0.717) is 48.6 Å². The number of hydrogen-bond donors (Lipinski definition) is 1. The molecule has 0 aliphatic heterocycles. The molecule has 0 aromatic heterocycles. The van der Waals surface area contributed by atoms with Crippen LogP contribution in [0.4, 0.5) is 0 Å². The molecule has 0 saturated heterocycles. The largest absolute Gasteiger partial charge is 0.393 e. The second-order valence-corrected chi connectivity index (χ2v) is 10.9. The van der Waals surface area contributed by atoms with Gasteiger partial charge in [-0.2, -0.15) is 0 Å². The van der Waals surface area contributed by atoms with E-state index in [9.17, 15) is 14.7 Å². The van der Waals surface area contributed by atoms with Crippen molar-refractivity contribution in [1.29, 1.82) is 0 Å². The first-order chi connectivity index (χ1) is 12.7. The second kappa shape index (κ2) is 6.68. The van der Waals surface area contributed by atoms with Gasteiger partial charge < -0.3 is 5.11 Å². The topological polar surface area (TPSA) is 54.4 Å². The first-order valence-electron chi connectivity index (χ1n) is 11.5. The molecule has 1 N–H and O–H groups in total. The lowest BCUT2D eigenvalue weighted by atomic mass is 9.43. The molecule has 0 spiro atoms. The van der Waals surface area contributed by atoms with Crippen LogP contribution in [-0.2, 0) is 9.59 Å². The maximum atomic E-state index is 13.6. The van der Waals surface area contributed by atoms with Crippen molar-refractivity contribution in [3.05, 3.63) is 0 Å². The Labute approximate surface area is 164 Å². The standard InChI is InChI=1S/C24H38O3/c1-5-6-14(2)17-7-8-18-22-19(13-21(27)24(17,18)4)23(3)10-9-16(25)11-15(23)12-20(22)26/h14-15,17-20,22,26H,5-13H2,1-4H3/t14?,15-,17+,18-,19-,20-,22-,23-,24+/m0/s1. The van der Waals surface area contributed by atoms with Gasteiger partial charge in [0, 0.05) is 24.7 Å². The van der Waals surface area contributed by atoms with Gasteiger partial charge in [0.05, 0.1) is 6.10 Å². The SMILES string of the molecule is CCCC(C)[C@H]1CC[C@H]2[C@@H]3[C@@H](O)C[C@@H]4CC(=O)CC[C@]4(C)[C@H]3CC(=O)[C@]12C. The third-order valence-electron chi connectivity index (χ3n) is 9.86. The minimum Gasteiger partial charge on any atom is -0.393 e. The Morgan fingerprint density at radius 1 is 1.15 bits per heavy atom. The maximum Gasteiger partial charge on any atom is 0.139 e. The molecule has 27 heavy (non-hydrogen) atoms. The zero-order valence-corrected chi connectivity index (χ0v) is 17.7. The van der Waals surface area contributed by atoms with Crippen LogP contribution < -0.4 is 0 Å². The highest BCUT2D eigenvalue weighted by Crippen LogP contribution is 2.67. The highest BCUT2D eigenvalue weighted by atomic mass is 16.3. The van der Waals surface area contributed by atoms with Gasteiger partial charge in [0.15, 0.2) is 0 Å². The maximum absolute atomic E-state index is 13.6. The van der Waals surface area contributed by atoms with Crippen molar-refractivity contribution in [2.45, 2.75) is 91.6 Å². The van der Waals surface area contributed by atoms with Crippen LogP contribution in [0.3, 0.4) is 0 Å². The average molecular weight is 375 g/mol. The highest BCUT2D eigenvalue weighted by molar-refractivity contribution is 5.87. The van der Waals surface area contributed by atoms with Gasteiger partial charge in [-0.3, -0.25) is 9.59 Å². The fraction of sp³-hybridized carbons (Fsp3) is 0.917. The van der Waals surface area contributed by atoms with Gasteiger partial charge in [-0.25, -0.2) is 0 Å². The zero-order chi connectivity index (χ0) is 19.6. The van der Waals surface area contributed by atoms with Crippen molar-refractivity contribution < 1.29 is 14.7 Å². The number of Topliss-reactive ketones (excluding diaryl/α,β-unsaturated/α-hetero) is 2. The quantitative estimate of drug-likeness (QED) is 0.772. The third kappa shape index (κ3) is 2.70. The van der Waals surface area contributed by atoms with Gasteiger partial charge in [0.1, 0.15) is 11.6 Å². The molecule has 9 atom stereocenters. The van der Waals surface area contributed by atoms with Gasteiger partial charge in [-0.05, 0) is 66.6 Å². The molecule has 0 bridgehead atoms. The summed E-state index contributed by atoms with van der Waals surface area (Å²) >= 11 is 0. The van der Waals surface area contributed by atoms with E-state index in [1.165, 1.54) is 12.8 Å². The van der Waals surface area contributed by atoms with E-state index in [4.69, 9.17) is 0 Å². The van der Waals surface area contributed by atoms with Crippen molar-refractivity contribution >= 4 is 11.6 Å². The smallest absolute Gasteiger partial charge is 0.139 e. The molecule has 1 unspecified atom stereocenters. The molecule has 4 saturated carbocycles. The van der Waals surface area contributed by atoms with Crippen LogP contribution in [0, 0.1) is 46.3 Å². The van der Waals surface area contributed by atoms with Crippen molar-refractivity contribution in [3.8, 4) is 0 Å². The van der Waals surface area contributed by atoms with Crippen molar-refractivity contribution in [3.63, 3.8) is 0 Å². The molecule has 4 rings (SSSR count). The average Bonchev–Trinajstić information content (AvgIpc) is 2.96. The Balaban J connectivity index is 1.68. The lowest BCUT2D eigenvalue weighted by Crippen LogP contribution is -2.61. The Morgan fingerprint density at radius 2 is 1.89 bits per heavy atom. The number of fused-ring (bicyclic) bond motifs is 5. The van der Waals surface area contributed by atoms with Crippen LogP contribution in [0.25, 0.3) is 0 Å². The zero-order valence-electron chi connectivity index (χ0n) is 17.7. The normalized spacial score (nSPS) is 50.7. The molecule has 152 valence electrons. The van der Waals surface area contributed by atoms with Crippen LogP contribution in [0.1, 0.15) is 85.5 Å². The molecule has 0 amide bonds. The number of aliphatic hydroxyl groups is 1. The van der Waals surface area contributed by atoms with Gasteiger partial charge in [0.25, 0.3) is 0 Å². The molecule has 4 aliphatic carbocycles. The molecule has 3 nitrogen and oxygen atoms in total. The molecule has 0 radical (unpaired) electrons. The predicted molar refractivity (Wildman–Crippen MR) is 106 cm³/mol. The van der Waals surface area contributed by atoms with E-state index in [1.807, 2.05) is 0 Å². The Kier molecular flexibility index (Phi) is 4.85. The summed E-state index contributed by atoms with van der Waals surface area (Å²) in [5, 5.41) is 11.2. The fourth-order valence-electron chi connectivity index (χ4n) is 8.33. The summed E-state index contributed by atoms with van der Waals surface area (Å²) in [7, 11) is 0. The van der Waals surface area contributed by atoms with E-state index in [1.54, 1.807) is 0 Å². The van der Waals surface area contributed by atoms with Crippen LogP contribution in [-0.4, -0.2) is 22.8 Å². The fourth-order valence-corrected chi connectivity index (χ4v) is 8.33. The highest BCUT2D eigenvalue weighted by Gasteiger charge is 2.65. The number of carbonyl (C=O) groups excluding carboxylic acids is 2. The Hall–Kier alpha value is -0.700. The molecular formula is C24H38O3. The van der Waals surface area contributed by atoms with E-state index in [-0.39, 0.29) is 34.7 Å². The van der Waals surface area contributed by atoms with E-state index < -0.39 is 0 Å². The summed E-state index contributed by atoms with van der Waals surface area (Å²) in [6, 6.07) is 0. The summed E-state index contributed by atoms with van der Waals surface area (Å²) in [6.45, 7) is 9.14. The lowest BCUT2D eigenvalue weighted by molar-refractivity contribution is -0.177. The molecule has 3 heteroatoms. The minimum absolute atomic E-state index is 0.0575. The van der Waals surface area contributed by atoms with E-state index in [2.05, 4.69) is 27.7 Å². The summed E-state index contributed by atoms with van der Waals surface area (Å²) in [5.74, 6) is 2.99. The van der Waals surface area contributed by atoms with Gasteiger partial charge in [-0.1, -0.05) is 40.5 Å². The minimum atomic E-state index is -0.336. The van der Waals surface area contributed by atoms with Gasteiger partial charge >= 0.3 is 0 Å². The van der Waals surface area contributed by atoms with E-state index >= 15 is 0 Å². The van der Waals surface area contributed by atoms with E-state index in [0.717, 1.165) is 25.7 Å². The number of hydrogen-bond acceptors (Lipinski definition) is 3. The van der Waals surface area contributed by atoms with Crippen LogP contribution in [0.5, 0.6) is 0 Å². The molecule has 0 aromatic rings. The van der Waals surface area contributed by atoms with Gasteiger partial charge in [-0.15, -0.1) is 0 Å². The number of ketones is 2. The molecule has 0 aromatic carbocycles. The van der Waals surface area contributed by atoms with Crippen LogP contribution >= 0.6 is 0 Å². The second-order valence-electron chi connectivity index (χ2n) is 10.9. The summed E-state index contributed by atoms with van der Waals surface area (Å²) < 4.78 is 0. The van der Waals surface area contributed by atoms with Crippen LogP contribution in [0.15, 0.2) is 0 Å².